The fourth-order valence-electron chi connectivity index (χ4n) is 2.16. The summed E-state index contributed by atoms with van der Waals surface area (Å²) in [6.07, 6.45) is 1.45. The maximum Gasteiger partial charge on any atom is 0.322 e. The van der Waals surface area contributed by atoms with Crippen molar-refractivity contribution < 1.29 is 9.90 Å². The van der Waals surface area contributed by atoms with Gasteiger partial charge in [-0.3, -0.25) is 4.79 Å². The van der Waals surface area contributed by atoms with Gasteiger partial charge in [0.15, 0.2) is 0 Å². The summed E-state index contributed by atoms with van der Waals surface area (Å²) in [5, 5.41) is 11.9. The number of amides is 2. The second-order valence-electron chi connectivity index (χ2n) is 5.46. The molecule has 0 aliphatic carbocycles. The predicted octanol–water partition coefficient (Wildman–Crippen LogP) is 2.02. The second-order valence-corrected chi connectivity index (χ2v) is 5.46. The first-order valence-corrected chi connectivity index (χ1v) is 7.41. The molecule has 0 aliphatic rings. The summed E-state index contributed by atoms with van der Waals surface area (Å²) < 4.78 is 0. The fourth-order valence-corrected chi connectivity index (χ4v) is 2.16. The number of anilines is 1. The van der Waals surface area contributed by atoms with Crippen LogP contribution in [-0.2, 0) is 6.54 Å². The zero-order valence-electron chi connectivity index (χ0n) is 13.3. The summed E-state index contributed by atoms with van der Waals surface area (Å²) in [6, 6.07) is 9.16. The minimum Gasteiger partial charge on any atom is -0.395 e. The first kappa shape index (κ1) is 16.8. The number of aryl methyl sites for hydroxylation is 2. The van der Waals surface area contributed by atoms with Gasteiger partial charge < -0.3 is 20.3 Å². The van der Waals surface area contributed by atoms with Crippen molar-refractivity contribution in [3.8, 4) is 0 Å². The molecule has 0 unspecified atom stereocenters. The van der Waals surface area contributed by atoms with Gasteiger partial charge in [0.2, 0.25) is 0 Å². The van der Waals surface area contributed by atoms with Gasteiger partial charge in [-0.25, -0.2) is 4.79 Å². The topological polar surface area (TPSA) is 85.4 Å². The average Bonchev–Trinajstić information content (AvgIpc) is 2.52. The van der Waals surface area contributed by atoms with Gasteiger partial charge in [0, 0.05) is 24.8 Å². The number of hydrogen-bond donors (Lipinski definition) is 3. The van der Waals surface area contributed by atoms with Crippen molar-refractivity contribution in [2.24, 2.45) is 0 Å². The maximum atomic E-state index is 12.4. The molecule has 2 rings (SSSR count). The highest BCUT2D eigenvalue weighted by atomic mass is 16.3. The van der Waals surface area contributed by atoms with E-state index in [1.807, 2.05) is 31.2 Å². The minimum atomic E-state index is -0.328. The first-order valence-electron chi connectivity index (χ1n) is 7.41. The van der Waals surface area contributed by atoms with E-state index in [2.05, 4.69) is 10.3 Å². The molecule has 1 heterocycles. The highest BCUT2D eigenvalue weighted by Crippen LogP contribution is 2.10. The van der Waals surface area contributed by atoms with Gasteiger partial charge in [0.05, 0.1) is 12.3 Å². The molecule has 122 valence electrons. The van der Waals surface area contributed by atoms with Gasteiger partial charge in [-0.1, -0.05) is 29.8 Å². The lowest BCUT2D eigenvalue weighted by molar-refractivity contribution is 0.185. The van der Waals surface area contributed by atoms with Gasteiger partial charge >= 0.3 is 6.03 Å². The molecule has 3 N–H and O–H groups in total. The number of hydrogen-bond acceptors (Lipinski definition) is 3. The highest BCUT2D eigenvalue weighted by molar-refractivity contribution is 5.89. The Bertz CT molecular complexity index is 723. The van der Waals surface area contributed by atoms with Crippen LogP contribution in [0.15, 0.2) is 41.3 Å². The second kappa shape index (κ2) is 7.60. The quantitative estimate of drug-likeness (QED) is 0.789. The molecule has 0 saturated heterocycles. The maximum absolute atomic E-state index is 12.4. The van der Waals surface area contributed by atoms with Crippen LogP contribution in [0.3, 0.4) is 0 Å². The third kappa shape index (κ3) is 4.69. The van der Waals surface area contributed by atoms with Crippen LogP contribution < -0.4 is 10.9 Å². The number of carbonyl (C=O) groups is 1. The zero-order valence-corrected chi connectivity index (χ0v) is 13.3. The number of rotatable bonds is 5. The van der Waals surface area contributed by atoms with Gasteiger partial charge in [-0.15, -0.1) is 0 Å². The molecule has 0 bridgehead atoms. The van der Waals surface area contributed by atoms with Crippen LogP contribution in [0.2, 0.25) is 0 Å². The van der Waals surface area contributed by atoms with E-state index in [1.54, 1.807) is 13.0 Å². The molecule has 2 aromatic rings. The number of urea groups is 1. The van der Waals surface area contributed by atoms with Crippen LogP contribution in [0.4, 0.5) is 10.5 Å². The van der Waals surface area contributed by atoms with Crippen molar-refractivity contribution >= 4 is 11.7 Å². The minimum absolute atomic E-state index is 0.121. The molecule has 0 atom stereocenters. The van der Waals surface area contributed by atoms with Gasteiger partial charge in [0.25, 0.3) is 5.56 Å². The van der Waals surface area contributed by atoms with Crippen molar-refractivity contribution in [2.75, 3.05) is 18.5 Å². The van der Waals surface area contributed by atoms with E-state index in [0.717, 1.165) is 11.1 Å². The number of aliphatic hydroxyl groups is 1. The lowest BCUT2D eigenvalue weighted by Gasteiger charge is -2.22. The van der Waals surface area contributed by atoms with E-state index < -0.39 is 0 Å². The number of nitrogens with zero attached hydrogens (tertiary/aromatic N) is 1. The van der Waals surface area contributed by atoms with E-state index in [9.17, 15) is 14.7 Å². The standard InChI is InChI=1S/C17H21N3O3/c1-12-3-5-14(6-4-12)11-20(7-8-21)17(23)19-15-9-13(2)16(22)18-10-15/h3-6,9-10,21H,7-8,11H2,1-2H3,(H,18,22)(H,19,23). The molecule has 0 radical (unpaired) electrons. The molecule has 6 nitrogen and oxygen atoms in total. The van der Waals surface area contributed by atoms with E-state index in [1.165, 1.54) is 11.1 Å². The van der Waals surface area contributed by atoms with Crippen LogP contribution in [0, 0.1) is 13.8 Å². The SMILES string of the molecule is Cc1ccc(CN(CCO)C(=O)Nc2c[nH]c(=O)c(C)c2)cc1. The Morgan fingerprint density at radius 1 is 1.26 bits per heavy atom. The summed E-state index contributed by atoms with van der Waals surface area (Å²) in [4.78, 5) is 27.8. The number of H-pyrrole nitrogens is 1. The van der Waals surface area contributed by atoms with Gasteiger partial charge in [0.1, 0.15) is 0 Å². The van der Waals surface area contributed by atoms with Crippen LogP contribution in [0.1, 0.15) is 16.7 Å². The van der Waals surface area contributed by atoms with Crippen molar-refractivity contribution in [1.29, 1.82) is 0 Å². The Kier molecular flexibility index (Phi) is 5.54. The fraction of sp³-hybridized carbons (Fsp3) is 0.294. The number of aromatic nitrogens is 1. The first-order chi connectivity index (χ1) is 11.0. The Morgan fingerprint density at radius 2 is 1.96 bits per heavy atom. The smallest absolute Gasteiger partial charge is 0.322 e. The van der Waals surface area contributed by atoms with Gasteiger partial charge in [-0.2, -0.15) is 0 Å². The van der Waals surface area contributed by atoms with Crippen LogP contribution in [0.25, 0.3) is 0 Å². The van der Waals surface area contributed by atoms with E-state index >= 15 is 0 Å². The van der Waals surface area contributed by atoms with Crippen molar-refractivity contribution in [3.05, 3.63) is 63.6 Å². The molecule has 1 aromatic carbocycles. The summed E-state index contributed by atoms with van der Waals surface area (Å²) in [6.45, 7) is 4.17. The molecular formula is C17H21N3O3. The molecule has 6 heteroatoms. The summed E-state index contributed by atoms with van der Waals surface area (Å²) in [7, 11) is 0. The van der Waals surface area contributed by atoms with Crippen LogP contribution in [-0.4, -0.2) is 34.2 Å². The summed E-state index contributed by atoms with van der Waals surface area (Å²) >= 11 is 0. The van der Waals surface area contributed by atoms with Crippen molar-refractivity contribution in [2.45, 2.75) is 20.4 Å². The third-order valence-corrected chi connectivity index (χ3v) is 3.49. The predicted molar refractivity (Wildman–Crippen MR) is 89.5 cm³/mol. The van der Waals surface area contributed by atoms with Crippen LogP contribution >= 0.6 is 0 Å². The Morgan fingerprint density at radius 3 is 2.57 bits per heavy atom. The number of aromatic amines is 1. The molecule has 0 spiro atoms. The van der Waals surface area contributed by atoms with E-state index in [-0.39, 0.29) is 24.7 Å². The molecule has 0 fully saturated rings. The zero-order chi connectivity index (χ0) is 16.8. The largest absolute Gasteiger partial charge is 0.395 e. The third-order valence-electron chi connectivity index (χ3n) is 3.49. The number of nitrogens with one attached hydrogen (secondary N) is 2. The van der Waals surface area contributed by atoms with E-state index in [0.29, 0.717) is 17.8 Å². The van der Waals surface area contributed by atoms with Crippen molar-refractivity contribution in [1.82, 2.24) is 9.88 Å². The molecular weight excluding hydrogens is 294 g/mol. The molecule has 2 amide bonds. The Labute approximate surface area is 134 Å². The molecule has 1 aromatic heterocycles. The highest BCUT2D eigenvalue weighted by Gasteiger charge is 2.14. The van der Waals surface area contributed by atoms with Gasteiger partial charge in [-0.05, 0) is 25.5 Å². The summed E-state index contributed by atoms with van der Waals surface area (Å²) in [5.74, 6) is 0. The van der Waals surface area contributed by atoms with Crippen molar-refractivity contribution in [3.63, 3.8) is 0 Å². The number of aliphatic hydroxyl groups excluding tert-OH is 1. The number of carbonyl (C=O) groups excluding carboxylic acids is 1. The Balaban J connectivity index is 2.09. The average molecular weight is 315 g/mol. The number of benzene rings is 1. The monoisotopic (exact) mass is 315 g/mol. The molecule has 0 aliphatic heterocycles. The molecule has 23 heavy (non-hydrogen) atoms. The van der Waals surface area contributed by atoms with Crippen LogP contribution in [0.5, 0.6) is 0 Å². The summed E-state index contributed by atoms with van der Waals surface area (Å²) in [5.41, 5.74) is 2.98. The normalized spacial score (nSPS) is 10.4. The van der Waals surface area contributed by atoms with E-state index in [4.69, 9.17) is 0 Å². The Hall–Kier alpha value is -2.60. The lowest BCUT2D eigenvalue weighted by atomic mass is 10.1. The lowest BCUT2D eigenvalue weighted by Crippen LogP contribution is -2.36. The number of pyridine rings is 1. The molecule has 0 saturated carbocycles.